The predicted octanol–water partition coefficient (Wildman–Crippen LogP) is 2.48. The van der Waals surface area contributed by atoms with Gasteiger partial charge < -0.3 is 10.1 Å². The Morgan fingerprint density at radius 2 is 1.88 bits per heavy atom. The fourth-order valence-electron chi connectivity index (χ4n) is 2.65. The molecule has 0 atom stereocenters. The zero-order chi connectivity index (χ0) is 18.7. The van der Waals surface area contributed by atoms with Crippen molar-refractivity contribution in [1.82, 2.24) is 5.32 Å². The Labute approximate surface area is 153 Å². The number of amides is 1. The van der Waals surface area contributed by atoms with Crippen molar-refractivity contribution in [1.29, 1.82) is 0 Å². The van der Waals surface area contributed by atoms with Crippen molar-refractivity contribution >= 4 is 21.6 Å². The van der Waals surface area contributed by atoms with E-state index in [4.69, 9.17) is 4.74 Å². The van der Waals surface area contributed by atoms with E-state index in [1.165, 1.54) is 19.2 Å². The van der Waals surface area contributed by atoms with Crippen LogP contribution in [0.2, 0.25) is 0 Å². The highest BCUT2D eigenvalue weighted by molar-refractivity contribution is 7.92. The lowest BCUT2D eigenvalue weighted by Gasteiger charge is -2.26. The Balaban J connectivity index is 2.04. The number of rotatable bonds is 7. The average Bonchev–Trinajstić information content (AvgIpc) is 3.44. The molecule has 0 radical (unpaired) electrons. The van der Waals surface area contributed by atoms with Gasteiger partial charge in [-0.25, -0.2) is 8.42 Å². The maximum atomic E-state index is 13.2. The van der Waals surface area contributed by atoms with Crippen LogP contribution < -0.4 is 14.4 Å². The van der Waals surface area contributed by atoms with E-state index in [9.17, 15) is 13.2 Å². The number of carbonyl (C=O) groups is 1. The number of carbonyl (C=O) groups excluding carboxylic acids is 1. The molecule has 0 unspecified atom stereocenters. The predicted molar refractivity (Wildman–Crippen MR) is 99.9 cm³/mol. The summed E-state index contributed by atoms with van der Waals surface area (Å²) in [5.74, 6) is 0.0740. The first-order valence-electron chi connectivity index (χ1n) is 8.43. The molecule has 0 spiro atoms. The van der Waals surface area contributed by atoms with Crippen LogP contribution in [0.25, 0.3) is 0 Å². The molecule has 3 rings (SSSR count). The molecular weight excluding hydrogens is 352 g/mol. The van der Waals surface area contributed by atoms with Crippen molar-refractivity contribution in [3.8, 4) is 5.75 Å². The van der Waals surface area contributed by atoms with Gasteiger partial charge in [-0.15, -0.1) is 0 Å². The third-order valence-electron chi connectivity index (χ3n) is 4.16. The molecule has 0 aliphatic heterocycles. The Morgan fingerprint density at radius 1 is 1.19 bits per heavy atom. The number of ether oxygens (including phenoxy) is 1. The molecule has 138 valence electrons. The third kappa shape index (κ3) is 3.99. The van der Waals surface area contributed by atoms with Gasteiger partial charge in [0.25, 0.3) is 10.0 Å². The van der Waals surface area contributed by atoms with Crippen LogP contribution in [0.5, 0.6) is 5.75 Å². The van der Waals surface area contributed by atoms with Gasteiger partial charge in [-0.2, -0.15) is 0 Å². The molecule has 2 aromatic rings. The highest BCUT2D eigenvalue weighted by atomic mass is 32.2. The van der Waals surface area contributed by atoms with Crippen molar-refractivity contribution in [3.05, 3.63) is 54.1 Å². The maximum Gasteiger partial charge on any atom is 0.264 e. The molecular formula is C19H22N2O4S. The minimum absolute atomic E-state index is 0.128. The smallest absolute Gasteiger partial charge is 0.264 e. The summed E-state index contributed by atoms with van der Waals surface area (Å²) in [5.41, 5.74) is 1.22. The third-order valence-corrected chi connectivity index (χ3v) is 5.94. The van der Waals surface area contributed by atoms with Crippen LogP contribution >= 0.6 is 0 Å². The van der Waals surface area contributed by atoms with Crippen molar-refractivity contribution in [3.63, 3.8) is 0 Å². The minimum atomic E-state index is -3.92. The van der Waals surface area contributed by atoms with Gasteiger partial charge in [0.2, 0.25) is 5.91 Å². The first kappa shape index (κ1) is 18.3. The number of anilines is 1. The van der Waals surface area contributed by atoms with Gasteiger partial charge in [0.1, 0.15) is 12.3 Å². The van der Waals surface area contributed by atoms with Gasteiger partial charge >= 0.3 is 0 Å². The number of sulfonamides is 1. The van der Waals surface area contributed by atoms with Crippen molar-refractivity contribution in [2.24, 2.45) is 0 Å². The zero-order valence-corrected chi connectivity index (χ0v) is 15.6. The molecule has 0 bridgehead atoms. The molecule has 0 heterocycles. The van der Waals surface area contributed by atoms with Gasteiger partial charge in [-0.1, -0.05) is 24.3 Å². The monoisotopic (exact) mass is 374 g/mol. The van der Waals surface area contributed by atoms with Crippen LogP contribution in [0.15, 0.2) is 53.4 Å². The number of nitrogens with one attached hydrogen (secondary N) is 1. The van der Waals surface area contributed by atoms with E-state index < -0.39 is 10.0 Å². The topological polar surface area (TPSA) is 75.7 Å². The summed E-state index contributed by atoms with van der Waals surface area (Å²) >= 11 is 0. The fourth-order valence-corrected chi connectivity index (χ4v) is 4.09. The van der Waals surface area contributed by atoms with Crippen LogP contribution in [0.3, 0.4) is 0 Å². The standard InChI is InChI=1S/C19H22N2O4S/c1-14-8-11-18(25-2)17(12-14)21(13-19(22)20-15-9-10-15)26(23,24)16-6-4-3-5-7-16/h3-8,11-12,15H,9-10,13H2,1-2H3,(H,20,22). The Bertz CT molecular complexity index is 893. The van der Waals surface area contributed by atoms with Crippen molar-refractivity contribution < 1.29 is 17.9 Å². The second-order valence-electron chi connectivity index (χ2n) is 6.34. The molecule has 1 fully saturated rings. The van der Waals surface area contributed by atoms with E-state index in [1.807, 2.05) is 13.0 Å². The summed E-state index contributed by atoms with van der Waals surface area (Å²) in [7, 11) is -2.44. The second kappa shape index (κ2) is 7.37. The van der Waals surface area contributed by atoms with Gasteiger partial charge in [-0.3, -0.25) is 9.10 Å². The van der Waals surface area contributed by atoms with E-state index in [0.717, 1.165) is 22.7 Å². The SMILES string of the molecule is COc1ccc(C)cc1N(CC(=O)NC1CC1)S(=O)(=O)c1ccccc1. The summed E-state index contributed by atoms with van der Waals surface area (Å²) in [4.78, 5) is 12.5. The minimum Gasteiger partial charge on any atom is -0.495 e. The van der Waals surface area contributed by atoms with E-state index in [1.54, 1.807) is 30.3 Å². The first-order valence-corrected chi connectivity index (χ1v) is 9.87. The molecule has 2 aromatic carbocycles. The lowest BCUT2D eigenvalue weighted by atomic mass is 10.2. The Kier molecular flexibility index (Phi) is 5.18. The summed E-state index contributed by atoms with van der Waals surface area (Å²) in [6.07, 6.45) is 1.87. The van der Waals surface area contributed by atoms with E-state index in [0.29, 0.717) is 11.4 Å². The summed E-state index contributed by atoms with van der Waals surface area (Å²) < 4.78 is 32.9. The molecule has 0 saturated heterocycles. The molecule has 1 N–H and O–H groups in total. The number of methoxy groups -OCH3 is 1. The Hall–Kier alpha value is -2.54. The van der Waals surface area contributed by atoms with Gasteiger partial charge in [0.05, 0.1) is 17.7 Å². The molecule has 1 aliphatic carbocycles. The molecule has 1 amide bonds. The first-order chi connectivity index (χ1) is 12.4. The highest BCUT2D eigenvalue weighted by Gasteiger charge is 2.31. The van der Waals surface area contributed by atoms with Gasteiger partial charge in [0.15, 0.2) is 0 Å². The number of benzene rings is 2. The fraction of sp³-hybridized carbons (Fsp3) is 0.316. The Morgan fingerprint density at radius 3 is 2.50 bits per heavy atom. The number of hydrogen-bond donors (Lipinski definition) is 1. The molecule has 26 heavy (non-hydrogen) atoms. The number of hydrogen-bond acceptors (Lipinski definition) is 4. The van der Waals surface area contributed by atoms with E-state index in [-0.39, 0.29) is 23.4 Å². The molecule has 1 aliphatic rings. The largest absolute Gasteiger partial charge is 0.495 e. The van der Waals surface area contributed by atoms with Crippen molar-refractivity contribution in [2.75, 3.05) is 18.0 Å². The second-order valence-corrected chi connectivity index (χ2v) is 8.20. The maximum absolute atomic E-state index is 13.2. The summed E-state index contributed by atoms with van der Waals surface area (Å²) in [5, 5.41) is 2.84. The molecule has 7 heteroatoms. The zero-order valence-electron chi connectivity index (χ0n) is 14.8. The molecule has 6 nitrogen and oxygen atoms in total. The van der Waals surface area contributed by atoms with Crippen molar-refractivity contribution in [2.45, 2.75) is 30.7 Å². The van der Waals surface area contributed by atoms with Crippen LogP contribution in [0.1, 0.15) is 18.4 Å². The van der Waals surface area contributed by atoms with Crippen LogP contribution in [0, 0.1) is 6.92 Å². The average molecular weight is 374 g/mol. The summed E-state index contributed by atoms with van der Waals surface area (Å²) in [6, 6.07) is 13.5. The van der Waals surface area contributed by atoms with Crippen LogP contribution in [-0.2, 0) is 14.8 Å². The number of aryl methyl sites for hydroxylation is 1. The molecule has 1 saturated carbocycles. The van der Waals surface area contributed by atoms with E-state index in [2.05, 4.69) is 5.32 Å². The van der Waals surface area contributed by atoms with Crippen LogP contribution in [-0.4, -0.2) is 34.0 Å². The van der Waals surface area contributed by atoms with Gasteiger partial charge in [0, 0.05) is 6.04 Å². The molecule has 0 aromatic heterocycles. The lowest BCUT2D eigenvalue weighted by molar-refractivity contribution is -0.119. The summed E-state index contributed by atoms with van der Waals surface area (Å²) in [6.45, 7) is 1.56. The lowest BCUT2D eigenvalue weighted by Crippen LogP contribution is -2.41. The highest BCUT2D eigenvalue weighted by Crippen LogP contribution is 2.33. The van der Waals surface area contributed by atoms with E-state index >= 15 is 0 Å². The van der Waals surface area contributed by atoms with Crippen LogP contribution in [0.4, 0.5) is 5.69 Å². The number of nitrogens with zero attached hydrogens (tertiary/aromatic N) is 1. The quantitative estimate of drug-likeness (QED) is 0.808. The van der Waals surface area contributed by atoms with Gasteiger partial charge in [-0.05, 0) is 49.6 Å². The normalized spacial score (nSPS) is 13.9.